The standard InChI is InChI=1S/C21H25N3O2/c1-14(2)9-10-24-19-12-20(25)18(11-16(19)13-22-24)21(26)23(4)17-7-5-15(3)6-8-17/h5-8,11-14,25H,9-10H2,1-4H3. The minimum absolute atomic E-state index is 0.0206. The van der Waals surface area contributed by atoms with Crippen LogP contribution in [0.5, 0.6) is 5.75 Å². The highest BCUT2D eigenvalue weighted by Crippen LogP contribution is 2.28. The second-order valence-corrected chi connectivity index (χ2v) is 7.18. The van der Waals surface area contributed by atoms with Crippen molar-refractivity contribution in [2.24, 2.45) is 5.92 Å². The molecule has 3 rings (SSSR count). The molecule has 2 aromatic carbocycles. The summed E-state index contributed by atoms with van der Waals surface area (Å²) in [5.74, 6) is 0.308. The molecule has 0 radical (unpaired) electrons. The van der Waals surface area contributed by atoms with Crippen LogP contribution in [-0.4, -0.2) is 27.8 Å². The molecule has 3 aromatic rings. The lowest BCUT2D eigenvalue weighted by molar-refractivity contribution is 0.0990. The summed E-state index contributed by atoms with van der Waals surface area (Å²) in [6, 6.07) is 11.1. The molecule has 0 bridgehead atoms. The largest absolute Gasteiger partial charge is 0.507 e. The number of hydrogen-bond acceptors (Lipinski definition) is 3. The molecule has 0 unspecified atom stereocenters. The molecule has 1 aromatic heterocycles. The van der Waals surface area contributed by atoms with E-state index >= 15 is 0 Å². The average Bonchev–Trinajstić information content (AvgIpc) is 3.00. The molecule has 5 heteroatoms. The van der Waals surface area contributed by atoms with Crippen LogP contribution in [0.4, 0.5) is 5.69 Å². The van der Waals surface area contributed by atoms with Gasteiger partial charge in [-0.2, -0.15) is 5.10 Å². The Morgan fingerprint density at radius 2 is 1.92 bits per heavy atom. The summed E-state index contributed by atoms with van der Waals surface area (Å²) in [6.45, 7) is 7.13. The number of aryl methyl sites for hydroxylation is 2. The number of carbonyl (C=O) groups excluding carboxylic acids is 1. The Kier molecular flexibility index (Phi) is 4.98. The zero-order chi connectivity index (χ0) is 18.8. The Morgan fingerprint density at radius 3 is 2.58 bits per heavy atom. The van der Waals surface area contributed by atoms with Crippen LogP contribution < -0.4 is 4.90 Å². The smallest absolute Gasteiger partial charge is 0.261 e. The first-order chi connectivity index (χ1) is 12.4. The molecule has 1 amide bonds. The number of nitrogens with zero attached hydrogens (tertiary/aromatic N) is 3. The van der Waals surface area contributed by atoms with Gasteiger partial charge in [0.1, 0.15) is 5.75 Å². The van der Waals surface area contributed by atoms with Crippen molar-refractivity contribution in [1.29, 1.82) is 0 Å². The van der Waals surface area contributed by atoms with E-state index in [9.17, 15) is 9.90 Å². The van der Waals surface area contributed by atoms with Gasteiger partial charge in [0.2, 0.25) is 0 Å². The number of rotatable bonds is 5. The normalized spacial score (nSPS) is 11.3. The van der Waals surface area contributed by atoms with Gasteiger partial charge in [0.15, 0.2) is 0 Å². The number of carbonyl (C=O) groups is 1. The fraction of sp³-hybridized carbons (Fsp3) is 0.333. The van der Waals surface area contributed by atoms with Gasteiger partial charge in [-0.1, -0.05) is 31.5 Å². The molecule has 1 heterocycles. The maximum atomic E-state index is 12.9. The Morgan fingerprint density at radius 1 is 1.23 bits per heavy atom. The van der Waals surface area contributed by atoms with Gasteiger partial charge in [0.05, 0.1) is 17.3 Å². The van der Waals surface area contributed by atoms with Crippen LogP contribution in [0, 0.1) is 12.8 Å². The van der Waals surface area contributed by atoms with Gasteiger partial charge < -0.3 is 10.0 Å². The van der Waals surface area contributed by atoms with Crippen molar-refractivity contribution in [2.45, 2.75) is 33.7 Å². The van der Waals surface area contributed by atoms with Crippen molar-refractivity contribution in [3.05, 3.63) is 53.7 Å². The maximum Gasteiger partial charge on any atom is 0.261 e. The van der Waals surface area contributed by atoms with Crippen molar-refractivity contribution < 1.29 is 9.90 Å². The Labute approximate surface area is 153 Å². The molecule has 0 aliphatic heterocycles. The first-order valence-electron chi connectivity index (χ1n) is 8.90. The van der Waals surface area contributed by atoms with E-state index in [4.69, 9.17) is 0 Å². The summed E-state index contributed by atoms with van der Waals surface area (Å²) in [5, 5.41) is 15.7. The number of phenols is 1. The number of anilines is 1. The molecule has 0 saturated carbocycles. The first-order valence-corrected chi connectivity index (χ1v) is 8.90. The van der Waals surface area contributed by atoms with E-state index < -0.39 is 0 Å². The van der Waals surface area contributed by atoms with Gasteiger partial charge in [-0.3, -0.25) is 9.48 Å². The summed E-state index contributed by atoms with van der Waals surface area (Å²) in [6.07, 6.45) is 2.76. The maximum absolute atomic E-state index is 12.9. The van der Waals surface area contributed by atoms with E-state index in [2.05, 4.69) is 18.9 Å². The van der Waals surface area contributed by atoms with Gasteiger partial charge in [-0.05, 0) is 37.5 Å². The average molecular weight is 351 g/mol. The van der Waals surface area contributed by atoms with E-state index in [0.717, 1.165) is 35.1 Å². The van der Waals surface area contributed by atoms with E-state index in [-0.39, 0.29) is 17.2 Å². The lowest BCUT2D eigenvalue weighted by atomic mass is 10.1. The van der Waals surface area contributed by atoms with Crippen LogP contribution in [0.3, 0.4) is 0 Å². The van der Waals surface area contributed by atoms with Gasteiger partial charge in [0.25, 0.3) is 5.91 Å². The summed E-state index contributed by atoms with van der Waals surface area (Å²) in [7, 11) is 1.71. The third-order valence-electron chi connectivity index (χ3n) is 4.63. The summed E-state index contributed by atoms with van der Waals surface area (Å²) in [4.78, 5) is 14.4. The first kappa shape index (κ1) is 18.0. The molecule has 0 aliphatic carbocycles. The van der Waals surface area contributed by atoms with Crippen LogP contribution in [0.25, 0.3) is 10.9 Å². The highest BCUT2D eigenvalue weighted by atomic mass is 16.3. The Hall–Kier alpha value is -2.82. The van der Waals surface area contributed by atoms with Crippen molar-refractivity contribution in [3.8, 4) is 5.75 Å². The zero-order valence-corrected chi connectivity index (χ0v) is 15.7. The second kappa shape index (κ2) is 7.20. The molecular formula is C21H25N3O2. The monoisotopic (exact) mass is 351 g/mol. The lowest BCUT2D eigenvalue weighted by Crippen LogP contribution is -2.26. The molecule has 26 heavy (non-hydrogen) atoms. The van der Waals surface area contributed by atoms with Gasteiger partial charge >= 0.3 is 0 Å². The van der Waals surface area contributed by atoms with Crippen LogP contribution in [0.15, 0.2) is 42.6 Å². The van der Waals surface area contributed by atoms with E-state index in [0.29, 0.717) is 5.92 Å². The van der Waals surface area contributed by atoms with Crippen LogP contribution >= 0.6 is 0 Å². The topological polar surface area (TPSA) is 58.4 Å². The minimum atomic E-state index is -0.247. The van der Waals surface area contributed by atoms with Crippen LogP contribution in [0.1, 0.15) is 36.2 Å². The third-order valence-corrected chi connectivity index (χ3v) is 4.63. The Balaban J connectivity index is 1.91. The van der Waals surface area contributed by atoms with E-state index in [1.54, 1.807) is 30.3 Å². The minimum Gasteiger partial charge on any atom is -0.507 e. The highest BCUT2D eigenvalue weighted by molar-refractivity contribution is 6.09. The zero-order valence-electron chi connectivity index (χ0n) is 15.7. The van der Waals surface area contributed by atoms with E-state index in [1.807, 2.05) is 35.9 Å². The van der Waals surface area contributed by atoms with Crippen LogP contribution in [-0.2, 0) is 6.54 Å². The fourth-order valence-corrected chi connectivity index (χ4v) is 2.91. The molecule has 0 spiro atoms. The molecule has 0 aliphatic rings. The van der Waals surface area contributed by atoms with Crippen molar-refractivity contribution in [1.82, 2.24) is 9.78 Å². The number of amides is 1. The van der Waals surface area contributed by atoms with Gasteiger partial charge in [-0.25, -0.2) is 0 Å². The molecule has 0 saturated heterocycles. The Bertz CT molecular complexity index is 926. The van der Waals surface area contributed by atoms with Gasteiger partial charge in [0, 0.05) is 30.7 Å². The molecule has 1 N–H and O–H groups in total. The summed E-state index contributed by atoms with van der Waals surface area (Å²) < 4.78 is 1.88. The number of aromatic nitrogens is 2. The highest BCUT2D eigenvalue weighted by Gasteiger charge is 2.19. The predicted molar refractivity (Wildman–Crippen MR) is 105 cm³/mol. The number of phenolic OH excluding ortho intramolecular Hbond substituents is 1. The number of aromatic hydroxyl groups is 1. The third kappa shape index (κ3) is 3.57. The van der Waals surface area contributed by atoms with Crippen LogP contribution in [0.2, 0.25) is 0 Å². The van der Waals surface area contributed by atoms with Crippen molar-refractivity contribution in [3.63, 3.8) is 0 Å². The summed E-state index contributed by atoms with van der Waals surface area (Å²) in [5.41, 5.74) is 3.04. The second-order valence-electron chi connectivity index (χ2n) is 7.18. The van der Waals surface area contributed by atoms with Crippen molar-refractivity contribution >= 4 is 22.5 Å². The molecule has 0 atom stereocenters. The number of hydrogen-bond donors (Lipinski definition) is 1. The van der Waals surface area contributed by atoms with Gasteiger partial charge in [-0.15, -0.1) is 0 Å². The number of benzene rings is 2. The molecular weight excluding hydrogens is 326 g/mol. The summed E-state index contributed by atoms with van der Waals surface area (Å²) >= 11 is 0. The van der Waals surface area contributed by atoms with E-state index in [1.165, 1.54) is 0 Å². The molecule has 0 fully saturated rings. The predicted octanol–water partition coefficient (Wildman–Crippen LogP) is 4.37. The lowest BCUT2D eigenvalue weighted by Gasteiger charge is -2.18. The number of fused-ring (bicyclic) bond motifs is 1. The van der Waals surface area contributed by atoms with Crippen molar-refractivity contribution in [2.75, 3.05) is 11.9 Å². The quantitative estimate of drug-likeness (QED) is 0.742. The molecule has 136 valence electrons. The molecule has 5 nitrogen and oxygen atoms in total. The fourth-order valence-electron chi connectivity index (χ4n) is 2.91. The SMILES string of the molecule is Cc1ccc(N(C)C(=O)c2cc3cnn(CCC(C)C)c3cc2O)cc1.